The number of carboxylic acids is 1. The van der Waals surface area contributed by atoms with Crippen LogP contribution in [0.25, 0.3) is 0 Å². The van der Waals surface area contributed by atoms with Crippen LogP contribution >= 0.6 is 0 Å². The van der Waals surface area contributed by atoms with E-state index >= 15 is 0 Å². The molecule has 1 aromatic carbocycles. The largest absolute Gasteiger partial charge is 0.478 e. The predicted molar refractivity (Wildman–Crippen MR) is 106 cm³/mol. The molecule has 0 bridgehead atoms. The van der Waals surface area contributed by atoms with Gasteiger partial charge in [0.2, 0.25) is 0 Å². The molecule has 26 heavy (non-hydrogen) atoms. The van der Waals surface area contributed by atoms with Gasteiger partial charge < -0.3 is 10.0 Å². The summed E-state index contributed by atoms with van der Waals surface area (Å²) < 4.78 is 0. The minimum absolute atomic E-state index is 0.506. The molecule has 0 amide bonds. The SMILES string of the molecule is O=C(O)C1=C(CCCCc2ccccc2)N(CC2CCCCC2)CC=C1. The molecule has 140 valence electrons. The summed E-state index contributed by atoms with van der Waals surface area (Å²) in [4.78, 5) is 14.1. The third-order valence-corrected chi connectivity index (χ3v) is 5.71. The highest BCUT2D eigenvalue weighted by atomic mass is 16.4. The summed E-state index contributed by atoms with van der Waals surface area (Å²) in [7, 11) is 0. The van der Waals surface area contributed by atoms with Crippen LogP contribution < -0.4 is 0 Å². The second kappa shape index (κ2) is 9.61. The van der Waals surface area contributed by atoms with Crippen molar-refractivity contribution >= 4 is 5.97 Å². The van der Waals surface area contributed by atoms with Gasteiger partial charge >= 0.3 is 5.97 Å². The average molecular weight is 354 g/mol. The number of unbranched alkanes of at least 4 members (excludes halogenated alkanes) is 1. The molecule has 0 saturated heterocycles. The minimum Gasteiger partial charge on any atom is -0.478 e. The van der Waals surface area contributed by atoms with Crippen molar-refractivity contribution in [3.8, 4) is 0 Å². The normalized spacial score (nSPS) is 18.4. The van der Waals surface area contributed by atoms with Crippen LogP contribution in [0.2, 0.25) is 0 Å². The zero-order chi connectivity index (χ0) is 18.2. The number of allylic oxidation sites excluding steroid dienone is 1. The monoisotopic (exact) mass is 353 g/mol. The average Bonchev–Trinajstić information content (AvgIpc) is 2.67. The van der Waals surface area contributed by atoms with Crippen molar-refractivity contribution in [1.29, 1.82) is 0 Å². The molecule has 1 saturated carbocycles. The molecular formula is C23H31NO2. The number of hydrogen-bond donors (Lipinski definition) is 1. The molecule has 0 radical (unpaired) electrons. The predicted octanol–water partition coefficient (Wildman–Crippen LogP) is 5.19. The quantitative estimate of drug-likeness (QED) is 0.654. The Kier molecular flexibility index (Phi) is 6.93. The van der Waals surface area contributed by atoms with Crippen LogP contribution in [0.3, 0.4) is 0 Å². The first-order valence-corrected chi connectivity index (χ1v) is 10.2. The lowest BCUT2D eigenvalue weighted by Gasteiger charge is -2.35. The molecular weight excluding hydrogens is 322 g/mol. The second-order valence-corrected chi connectivity index (χ2v) is 7.67. The van der Waals surface area contributed by atoms with Gasteiger partial charge in [0, 0.05) is 18.8 Å². The number of rotatable bonds is 8. The standard InChI is InChI=1S/C23H31NO2/c25-23(26)21-15-9-17-24(18-20-13-5-2-6-14-20)22(21)16-8-7-12-19-10-3-1-4-11-19/h1,3-4,9-11,15,20H,2,5-8,12-14,16-18H2,(H,25,26). The van der Waals surface area contributed by atoms with E-state index in [-0.39, 0.29) is 0 Å². The van der Waals surface area contributed by atoms with Gasteiger partial charge in [0.05, 0.1) is 5.57 Å². The lowest BCUT2D eigenvalue weighted by Crippen LogP contribution is -2.33. The number of aliphatic carboxylic acids is 1. The number of carbonyl (C=O) groups is 1. The van der Waals surface area contributed by atoms with Gasteiger partial charge in [-0.3, -0.25) is 0 Å². The number of nitrogens with zero attached hydrogens (tertiary/aromatic N) is 1. The Balaban J connectivity index is 1.59. The van der Waals surface area contributed by atoms with E-state index in [0.717, 1.165) is 50.4 Å². The van der Waals surface area contributed by atoms with Crippen molar-refractivity contribution < 1.29 is 9.90 Å². The third kappa shape index (κ3) is 5.23. The van der Waals surface area contributed by atoms with Crippen LogP contribution in [0.15, 0.2) is 53.8 Å². The van der Waals surface area contributed by atoms with Gasteiger partial charge in [-0.05, 0) is 56.1 Å². The highest BCUT2D eigenvalue weighted by Crippen LogP contribution is 2.29. The Labute approximate surface area is 157 Å². The lowest BCUT2D eigenvalue weighted by atomic mass is 9.88. The Morgan fingerprint density at radius 2 is 1.77 bits per heavy atom. The van der Waals surface area contributed by atoms with E-state index in [9.17, 15) is 9.90 Å². The summed E-state index contributed by atoms with van der Waals surface area (Å²) in [5.41, 5.74) is 2.92. The summed E-state index contributed by atoms with van der Waals surface area (Å²) in [6, 6.07) is 10.5. The van der Waals surface area contributed by atoms with Crippen LogP contribution in [-0.2, 0) is 11.2 Å². The molecule has 0 aromatic heterocycles. The summed E-state index contributed by atoms with van der Waals surface area (Å²) in [5, 5.41) is 9.63. The molecule has 1 heterocycles. The molecule has 1 aliphatic carbocycles. The van der Waals surface area contributed by atoms with E-state index in [0.29, 0.717) is 5.57 Å². The molecule has 0 unspecified atom stereocenters. The first-order valence-electron chi connectivity index (χ1n) is 10.2. The van der Waals surface area contributed by atoms with Gasteiger partial charge in [-0.2, -0.15) is 0 Å². The molecule has 2 aliphatic rings. The van der Waals surface area contributed by atoms with Crippen molar-refractivity contribution in [2.45, 2.75) is 57.8 Å². The van der Waals surface area contributed by atoms with Crippen LogP contribution in [0.4, 0.5) is 0 Å². The van der Waals surface area contributed by atoms with Crippen molar-refractivity contribution in [3.05, 3.63) is 59.3 Å². The van der Waals surface area contributed by atoms with Gasteiger partial charge in [0.15, 0.2) is 0 Å². The first-order chi connectivity index (χ1) is 12.7. The first kappa shape index (κ1) is 18.8. The number of carboxylic acid groups (broad SMARTS) is 1. The van der Waals surface area contributed by atoms with E-state index in [1.807, 2.05) is 18.2 Å². The third-order valence-electron chi connectivity index (χ3n) is 5.71. The summed E-state index contributed by atoms with van der Waals surface area (Å²) in [5.74, 6) is -0.0581. The van der Waals surface area contributed by atoms with Gasteiger partial charge in [0.1, 0.15) is 0 Å². The Morgan fingerprint density at radius 1 is 1.04 bits per heavy atom. The molecule has 1 N–H and O–H groups in total. The molecule has 1 aromatic rings. The van der Waals surface area contributed by atoms with Gasteiger partial charge in [0.25, 0.3) is 0 Å². The fraction of sp³-hybridized carbons (Fsp3) is 0.522. The Hall–Kier alpha value is -2.03. The van der Waals surface area contributed by atoms with E-state index < -0.39 is 5.97 Å². The van der Waals surface area contributed by atoms with Gasteiger partial charge in [-0.15, -0.1) is 0 Å². The van der Waals surface area contributed by atoms with Crippen molar-refractivity contribution in [2.75, 3.05) is 13.1 Å². The van der Waals surface area contributed by atoms with E-state index in [1.54, 1.807) is 0 Å². The summed E-state index contributed by atoms with van der Waals surface area (Å²) in [6.45, 7) is 1.89. The zero-order valence-corrected chi connectivity index (χ0v) is 15.7. The molecule has 1 fully saturated rings. The zero-order valence-electron chi connectivity index (χ0n) is 15.7. The number of hydrogen-bond acceptors (Lipinski definition) is 2. The summed E-state index contributed by atoms with van der Waals surface area (Å²) in [6.07, 6.45) is 14.5. The maximum Gasteiger partial charge on any atom is 0.337 e. The summed E-state index contributed by atoms with van der Waals surface area (Å²) >= 11 is 0. The topological polar surface area (TPSA) is 40.5 Å². The fourth-order valence-electron chi connectivity index (χ4n) is 4.29. The van der Waals surface area contributed by atoms with E-state index in [2.05, 4.69) is 29.2 Å². The Morgan fingerprint density at radius 3 is 2.50 bits per heavy atom. The smallest absolute Gasteiger partial charge is 0.337 e. The minimum atomic E-state index is -0.785. The molecule has 0 spiro atoms. The molecule has 3 rings (SSSR count). The molecule has 3 nitrogen and oxygen atoms in total. The van der Waals surface area contributed by atoms with Crippen LogP contribution in [0.5, 0.6) is 0 Å². The van der Waals surface area contributed by atoms with Gasteiger partial charge in [-0.25, -0.2) is 4.79 Å². The fourth-order valence-corrected chi connectivity index (χ4v) is 4.29. The van der Waals surface area contributed by atoms with Crippen molar-refractivity contribution in [1.82, 2.24) is 4.90 Å². The number of aryl methyl sites for hydroxylation is 1. The van der Waals surface area contributed by atoms with Crippen LogP contribution in [-0.4, -0.2) is 29.1 Å². The number of benzene rings is 1. The maximum absolute atomic E-state index is 11.7. The van der Waals surface area contributed by atoms with Crippen molar-refractivity contribution in [2.24, 2.45) is 5.92 Å². The van der Waals surface area contributed by atoms with E-state index in [4.69, 9.17) is 0 Å². The Bertz CT molecular complexity index is 641. The second-order valence-electron chi connectivity index (χ2n) is 7.67. The van der Waals surface area contributed by atoms with E-state index in [1.165, 1.54) is 37.7 Å². The highest BCUT2D eigenvalue weighted by molar-refractivity contribution is 5.91. The van der Waals surface area contributed by atoms with Crippen LogP contribution in [0, 0.1) is 5.92 Å². The van der Waals surface area contributed by atoms with Gasteiger partial charge in [-0.1, -0.05) is 55.7 Å². The molecule has 1 aliphatic heterocycles. The highest BCUT2D eigenvalue weighted by Gasteiger charge is 2.24. The maximum atomic E-state index is 11.7. The van der Waals surface area contributed by atoms with Crippen molar-refractivity contribution in [3.63, 3.8) is 0 Å². The van der Waals surface area contributed by atoms with Crippen LogP contribution in [0.1, 0.15) is 56.9 Å². The molecule has 0 atom stereocenters. The lowest BCUT2D eigenvalue weighted by molar-refractivity contribution is -0.132. The molecule has 3 heteroatoms.